The van der Waals surface area contributed by atoms with Crippen LogP contribution < -0.4 is 0 Å². The van der Waals surface area contributed by atoms with Gasteiger partial charge in [0.1, 0.15) is 16.8 Å². The molecule has 0 aliphatic carbocycles. The number of sulfonamides is 1. The Labute approximate surface area is 176 Å². The van der Waals surface area contributed by atoms with Crippen LogP contribution in [0.15, 0.2) is 41.3 Å². The highest BCUT2D eigenvalue weighted by atomic mass is 35.5. The first-order valence-corrected chi connectivity index (χ1v) is 11.3. The van der Waals surface area contributed by atoms with Crippen LogP contribution in [0.1, 0.15) is 39.2 Å². The van der Waals surface area contributed by atoms with Crippen LogP contribution in [-0.2, 0) is 19.6 Å². The molecular formula is C21H25ClN2O4S. The molecule has 2 aromatic rings. The zero-order valence-electron chi connectivity index (χ0n) is 17.0. The number of ether oxygens (including phenoxy) is 1. The lowest BCUT2D eigenvalue weighted by Gasteiger charge is -2.27. The summed E-state index contributed by atoms with van der Waals surface area (Å²) in [4.78, 5) is 17.0. The van der Waals surface area contributed by atoms with Gasteiger partial charge in [0.05, 0.1) is 10.6 Å². The van der Waals surface area contributed by atoms with E-state index in [0.29, 0.717) is 24.1 Å². The van der Waals surface area contributed by atoms with E-state index in [4.69, 9.17) is 16.3 Å². The maximum absolute atomic E-state index is 13.6. The lowest BCUT2D eigenvalue weighted by molar-refractivity contribution is -0.158. The van der Waals surface area contributed by atoms with Gasteiger partial charge >= 0.3 is 5.97 Å². The van der Waals surface area contributed by atoms with Crippen LogP contribution in [0.25, 0.3) is 11.3 Å². The summed E-state index contributed by atoms with van der Waals surface area (Å²) in [6, 6.07) is 9.31. The zero-order valence-corrected chi connectivity index (χ0v) is 18.5. The summed E-state index contributed by atoms with van der Waals surface area (Å²) < 4.78 is 33.8. The topological polar surface area (TPSA) is 76.6 Å². The van der Waals surface area contributed by atoms with Gasteiger partial charge in [-0.25, -0.2) is 13.4 Å². The van der Waals surface area contributed by atoms with Gasteiger partial charge in [0.2, 0.25) is 10.0 Å². The van der Waals surface area contributed by atoms with Crippen molar-refractivity contribution in [1.29, 1.82) is 0 Å². The van der Waals surface area contributed by atoms with Crippen molar-refractivity contribution >= 4 is 27.6 Å². The number of benzene rings is 1. The number of carbonyl (C=O) groups excluding carboxylic acids is 1. The molecule has 1 aromatic heterocycles. The molecule has 1 aliphatic rings. The van der Waals surface area contributed by atoms with E-state index in [9.17, 15) is 13.2 Å². The second-order valence-corrected chi connectivity index (χ2v) is 10.4. The Balaban J connectivity index is 2.05. The van der Waals surface area contributed by atoms with Gasteiger partial charge in [-0.05, 0) is 64.8 Å². The summed E-state index contributed by atoms with van der Waals surface area (Å²) in [5.41, 5.74) is 1.13. The number of hydrogen-bond donors (Lipinski definition) is 0. The van der Waals surface area contributed by atoms with Crippen molar-refractivity contribution < 1.29 is 17.9 Å². The molecule has 29 heavy (non-hydrogen) atoms. The third kappa shape index (κ3) is 4.79. The zero-order chi connectivity index (χ0) is 21.4. The Kier molecular flexibility index (Phi) is 6.03. The summed E-state index contributed by atoms with van der Waals surface area (Å²) in [7, 11) is -3.95. The number of nitrogens with zero attached hydrogens (tertiary/aromatic N) is 2. The molecule has 156 valence electrons. The molecule has 1 aromatic carbocycles. The second-order valence-electron chi connectivity index (χ2n) is 8.15. The van der Waals surface area contributed by atoms with E-state index in [0.717, 1.165) is 5.56 Å². The van der Waals surface area contributed by atoms with Crippen molar-refractivity contribution in [3.8, 4) is 11.3 Å². The first-order chi connectivity index (χ1) is 13.5. The fraction of sp³-hybridized carbons (Fsp3) is 0.429. The molecule has 2 heterocycles. The van der Waals surface area contributed by atoms with Gasteiger partial charge in [0.25, 0.3) is 0 Å². The van der Waals surface area contributed by atoms with E-state index in [1.165, 1.54) is 4.31 Å². The molecule has 1 atom stereocenters. The van der Waals surface area contributed by atoms with Gasteiger partial charge < -0.3 is 4.74 Å². The Bertz CT molecular complexity index is 1030. The average molecular weight is 437 g/mol. The number of pyridine rings is 1. The molecule has 6 nitrogen and oxygen atoms in total. The minimum atomic E-state index is -3.95. The van der Waals surface area contributed by atoms with Crippen LogP contribution >= 0.6 is 11.6 Å². The number of aryl methyl sites for hydroxylation is 1. The number of aromatic nitrogens is 1. The van der Waals surface area contributed by atoms with Gasteiger partial charge in [-0.15, -0.1) is 0 Å². The standard InChI is InChI=1S/C21H25ClN2O4S/c1-14-10-11-18(15(13-14)16-7-5-9-19(22)23-16)29(26,27)24-12-6-8-17(24)20(25)28-21(2,3)4/h5,7,9-11,13,17H,6,8,12H2,1-4H3/t17-/m0/s1. The Morgan fingerprint density at radius 2 is 1.97 bits per heavy atom. The minimum Gasteiger partial charge on any atom is -0.459 e. The van der Waals surface area contributed by atoms with Crippen molar-refractivity contribution in [3.05, 3.63) is 47.1 Å². The number of hydrogen-bond acceptors (Lipinski definition) is 5. The minimum absolute atomic E-state index is 0.105. The fourth-order valence-corrected chi connectivity index (χ4v) is 5.38. The molecule has 0 spiro atoms. The van der Waals surface area contributed by atoms with E-state index >= 15 is 0 Å². The molecule has 0 saturated carbocycles. The molecule has 1 aliphatic heterocycles. The lowest BCUT2D eigenvalue weighted by atomic mass is 10.1. The second kappa shape index (κ2) is 8.05. The highest BCUT2D eigenvalue weighted by Crippen LogP contribution is 2.34. The van der Waals surface area contributed by atoms with Crippen LogP contribution in [0.3, 0.4) is 0 Å². The SMILES string of the molecule is Cc1ccc(S(=O)(=O)N2CCC[C@H]2C(=O)OC(C)(C)C)c(-c2cccc(Cl)n2)c1. The molecule has 8 heteroatoms. The molecule has 0 amide bonds. The maximum atomic E-state index is 13.6. The normalized spacial score (nSPS) is 18.0. The number of carbonyl (C=O) groups is 1. The third-order valence-corrected chi connectivity index (χ3v) is 6.77. The molecule has 1 saturated heterocycles. The van der Waals surface area contributed by atoms with E-state index < -0.39 is 27.6 Å². The molecular weight excluding hydrogens is 412 g/mol. The van der Waals surface area contributed by atoms with Gasteiger partial charge in [0.15, 0.2) is 0 Å². The number of rotatable bonds is 4. The molecule has 0 N–H and O–H groups in total. The predicted molar refractivity (Wildman–Crippen MR) is 112 cm³/mol. The average Bonchev–Trinajstić information content (AvgIpc) is 3.11. The molecule has 0 radical (unpaired) electrons. The lowest BCUT2D eigenvalue weighted by Crippen LogP contribution is -2.43. The van der Waals surface area contributed by atoms with Gasteiger partial charge in [0, 0.05) is 12.1 Å². The summed E-state index contributed by atoms with van der Waals surface area (Å²) in [6.07, 6.45) is 1.03. The number of halogens is 1. The first kappa shape index (κ1) is 21.7. The van der Waals surface area contributed by atoms with Crippen molar-refractivity contribution in [2.75, 3.05) is 6.54 Å². The summed E-state index contributed by atoms with van der Waals surface area (Å²) in [6.45, 7) is 7.44. The van der Waals surface area contributed by atoms with Crippen LogP contribution in [0.4, 0.5) is 0 Å². The highest BCUT2D eigenvalue weighted by molar-refractivity contribution is 7.89. The van der Waals surface area contributed by atoms with Gasteiger partial charge in [-0.3, -0.25) is 4.79 Å². The van der Waals surface area contributed by atoms with Gasteiger partial charge in [-0.2, -0.15) is 4.31 Å². The highest BCUT2D eigenvalue weighted by Gasteiger charge is 2.42. The first-order valence-electron chi connectivity index (χ1n) is 9.47. The van der Waals surface area contributed by atoms with Crippen molar-refractivity contribution in [3.63, 3.8) is 0 Å². The smallest absolute Gasteiger partial charge is 0.324 e. The van der Waals surface area contributed by atoms with Gasteiger partial charge in [-0.1, -0.05) is 29.3 Å². The molecule has 1 fully saturated rings. The summed E-state index contributed by atoms with van der Waals surface area (Å²) in [5, 5.41) is 0.278. The Morgan fingerprint density at radius 1 is 1.24 bits per heavy atom. The Morgan fingerprint density at radius 3 is 2.62 bits per heavy atom. The third-order valence-electron chi connectivity index (χ3n) is 4.60. The number of esters is 1. The quantitative estimate of drug-likeness (QED) is 0.530. The van der Waals surface area contributed by atoms with E-state index in [1.54, 1.807) is 57.2 Å². The summed E-state index contributed by atoms with van der Waals surface area (Å²) in [5.74, 6) is -0.520. The monoisotopic (exact) mass is 436 g/mol. The van der Waals surface area contributed by atoms with Crippen LogP contribution in [0.5, 0.6) is 0 Å². The van der Waals surface area contributed by atoms with Crippen molar-refractivity contribution in [1.82, 2.24) is 9.29 Å². The van der Waals surface area contributed by atoms with E-state index in [1.807, 2.05) is 6.92 Å². The van der Waals surface area contributed by atoms with Crippen molar-refractivity contribution in [2.24, 2.45) is 0 Å². The largest absolute Gasteiger partial charge is 0.459 e. The maximum Gasteiger partial charge on any atom is 0.324 e. The van der Waals surface area contributed by atoms with E-state index in [2.05, 4.69) is 4.98 Å². The molecule has 0 bridgehead atoms. The fourth-order valence-electron chi connectivity index (χ4n) is 3.39. The van der Waals surface area contributed by atoms with Crippen LogP contribution in [-0.4, -0.2) is 41.9 Å². The molecule has 0 unspecified atom stereocenters. The van der Waals surface area contributed by atoms with Crippen LogP contribution in [0, 0.1) is 6.92 Å². The summed E-state index contributed by atoms with van der Waals surface area (Å²) >= 11 is 6.02. The Hall–Kier alpha value is -1.96. The van der Waals surface area contributed by atoms with Crippen molar-refractivity contribution in [2.45, 2.75) is 57.1 Å². The van der Waals surface area contributed by atoms with E-state index in [-0.39, 0.29) is 16.6 Å². The predicted octanol–water partition coefficient (Wildman–Crippen LogP) is 4.21. The molecule has 3 rings (SSSR count). The van der Waals surface area contributed by atoms with Crippen LogP contribution in [0.2, 0.25) is 5.15 Å².